The zero-order chi connectivity index (χ0) is 38.1. The average Bonchev–Trinajstić information content (AvgIpc) is 3.64. The maximum atomic E-state index is 9.57. The molecule has 2 nitrogen and oxygen atoms in total. The third kappa shape index (κ3) is 13.7. The predicted octanol–water partition coefficient (Wildman–Crippen LogP) is 13.5. The average molecular weight is 792 g/mol. The van der Waals surface area contributed by atoms with E-state index in [1.165, 1.54) is 89.4 Å². The van der Waals surface area contributed by atoms with E-state index in [1.54, 1.807) is 12.1 Å². The quantitative estimate of drug-likeness (QED) is 0.119. The van der Waals surface area contributed by atoms with E-state index in [-0.39, 0.29) is 25.7 Å². The van der Waals surface area contributed by atoms with Gasteiger partial charge in [0.15, 0.2) is 0 Å². The van der Waals surface area contributed by atoms with Crippen LogP contribution >= 0.6 is 0 Å². The topological polar surface area (TPSA) is 40.5 Å². The van der Waals surface area contributed by atoms with Crippen LogP contribution in [0.15, 0.2) is 84.9 Å². The Morgan fingerprint density at radius 2 is 0.750 bits per heavy atom. The van der Waals surface area contributed by atoms with E-state index in [4.69, 9.17) is 0 Å². The molecule has 0 aromatic heterocycles. The zero-order valence-corrected chi connectivity index (χ0v) is 38.4. The van der Waals surface area contributed by atoms with Gasteiger partial charge in [0.05, 0.1) is 0 Å². The van der Waals surface area contributed by atoms with Gasteiger partial charge in [0, 0.05) is 0 Å². The Morgan fingerprint density at radius 1 is 0.462 bits per heavy atom. The fourth-order valence-electron chi connectivity index (χ4n) is 5.97. The normalized spacial score (nSPS) is 10.5. The van der Waals surface area contributed by atoms with Gasteiger partial charge in [-0.05, 0) is 61.8 Å². The van der Waals surface area contributed by atoms with Crippen molar-refractivity contribution in [1.82, 2.24) is 0 Å². The van der Waals surface area contributed by atoms with Gasteiger partial charge in [0.25, 0.3) is 0 Å². The summed E-state index contributed by atoms with van der Waals surface area (Å²) in [7, 11) is 0. The van der Waals surface area contributed by atoms with Crippen molar-refractivity contribution in [2.24, 2.45) is 0 Å². The minimum atomic E-state index is 0. The Labute approximate surface area is 334 Å². The molecule has 0 heterocycles. The van der Waals surface area contributed by atoms with Gasteiger partial charge in [-0.15, -0.1) is 68.1 Å². The van der Waals surface area contributed by atoms with E-state index >= 15 is 0 Å². The van der Waals surface area contributed by atoms with Crippen molar-refractivity contribution in [3.8, 4) is 11.5 Å². The molecule has 0 aliphatic rings. The van der Waals surface area contributed by atoms with Crippen molar-refractivity contribution in [3.63, 3.8) is 0 Å². The molecule has 0 fully saturated rings. The molecule has 0 aliphatic carbocycles. The molecule has 0 aliphatic heterocycles. The summed E-state index contributed by atoms with van der Waals surface area (Å²) in [5.74, 6) is 0.793. The molecule has 280 valence electrons. The first-order chi connectivity index (χ1) is 23.2. The molecule has 0 amide bonds. The summed E-state index contributed by atoms with van der Waals surface area (Å²) in [6.07, 6.45) is 0. The van der Waals surface area contributed by atoms with Gasteiger partial charge in [-0.25, -0.2) is 0 Å². The van der Waals surface area contributed by atoms with Crippen LogP contribution in [-0.2, 0) is 34.2 Å². The Balaban J connectivity index is 0.000000648. The molecule has 2 N–H and O–H groups in total. The van der Waals surface area contributed by atoms with E-state index in [2.05, 4.69) is 138 Å². The van der Waals surface area contributed by atoms with Crippen LogP contribution in [0.1, 0.15) is 97.2 Å². The van der Waals surface area contributed by atoms with Crippen LogP contribution in [0.25, 0.3) is 21.5 Å². The number of phenols is 2. The first-order valence-corrected chi connectivity index (χ1v) is 21.5. The van der Waals surface area contributed by atoms with Crippen LogP contribution in [0.3, 0.4) is 0 Å². The first kappa shape index (κ1) is 48.8. The number of hydrogen-bond donors (Lipinski definition) is 2. The van der Waals surface area contributed by atoms with Crippen molar-refractivity contribution < 1.29 is 33.5 Å². The van der Waals surface area contributed by atoms with E-state index in [0.29, 0.717) is 11.5 Å². The number of aromatic hydroxyl groups is 2. The van der Waals surface area contributed by atoms with Gasteiger partial charge in [-0.3, -0.25) is 0 Å². The summed E-state index contributed by atoms with van der Waals surface area (Å²) in [5.41, 5.74) is 12.7. The molecule has 6 aromatic carbocycles. The molecular formula is C48H64O2SiZr-4. The van der Waals surface area contributed by atoms with Gasteiger partial charge >= 0.3 is 30.2 Å². The molecule has 6 aromatic rings. The second-order valence-electron chi connectivity index (χ2n) is 15.7. The first-order valence-electron chi connectivity index (χ1n) is 17.3. The van der Waals surface area contributed by atoms with E-state index < -0.39 is 0 Å². The Morgan fingerprint density at radius 3 is 1.00 bits per heavy atom. The van der Waals surface area contributed by atoms with Crippen LogP contribution in [0.4, 0.5) is 0 Å². The second kappa shape index (κ2) is 20.9. The number of phenolic OH excluding ortho intramolecular Hbond substituents is 2. The molecule has 4 heteroatoms. The zero-order valence-electron chi connectivity index (χ0n) is 35.0. The SMILES string of the molecule is Cc1cc2c(C)ccc(C)c2[cH-]1.Cc1cc2c(C)ccc(C)c2[cH-]1.Cc1ccc(O)c(C(C)(C)C)c1.Cc1ccc(O)c(C(C)(C)C)c1.[CH3-].[CH3-].[Si]=[Zr]. The molecule has 52 heavy (non-hydrogen) atoms. The fourth-order valence-corrected chi connectivity index (χ4v) is 5.97. The molecule has 0 saturated heterocycles. The second-order valence-corrected chi connectivity index (χ2v) is 15.7. The third-order valence-corrected chi connectivity index (χ3v) is 8.85. The Hall–Kier alpha value is -3.20. The summed E-state index contributed by atoms with van der Waals surface area (Å²) in [6.45, 7) is 32.7. The van der Waals surface area contributed by atoms with Gasteiger partial charge in [0.2, 0.25) is 0 Å². The van der Waals surface area contributed by atoms with Crippen molar-refractivity contribution in [2.45, 2.75) is 108 Å². The third-order valence-electron chi connectivity index (χ3n) is 8.85. The summed E-state index contributed by atoms with van der Waals surface area (Å²) in [6, 6.07) is 29.2. The monoisotopic (exact) mass is 790 g/mol. The maximum absolute atomic E-state index is 9.57. The molecule has 0 spiro atoms. The molecule has 0 unspecified atom stereocenters. The number of hydrogen-bond acceptors (Lipinski definition) is 2. The predicted molar refractivity (Wildman–Crippen MR) is 229 cm³/mol. The van der Waals surface area contributed by atoms with Crippen molar-refractivity contribution in [1.29, 1.82) is 0 Å². The standard InChI is InChI=1S/2C12H13.2C11H16O.2CH3.Si.Zr/c2*1-8-6-11-9(2)4-5-10(3)12(11)7-8;2*1-8-5-6-10(12)9(7-8)11(2,3)4;;;;/h2*4-7H,1-3H3;2*5-7,12H,1-4H3;2*1H3;;/q2*-1;;;2*-1;;. The van der Waals surface area contributed by atoms with Crippen LogP contribution in [0, 0.1) is 70.2 Å². The number of rotatable bonds is 0. The van der Waals surface area contributed by atoms with Crippen molar-refractivity contribution >= 4 is 28.4 Å². The summed E-state index contributed by atoms with van der Waals surface area (Å²) in [5, 5.41) is 24.8. The van der Waals surface area contributed by atoms with Crippen molar-refractivity contribution in [2.75, 3.05) is 0 Å². The molecule has 0 atom stereocenters. The Kier molecular flexibility index (Phi) is 19.6. The molecule has 6 rings (SSSR count). The van der Waals surface area contributed by atoms with Gasteiger partial charge in [-0.1, -0.05) is 128 Å². The van der Waals surface area contributed by atoms with Crippen molar-refractivity contribution in [3.05, 3.63) is 155 Å². The van der Waals surface area contributed by atoms with Gasteiger partial charge < -0.3 is 25.1 Å². The number of aryl methyl sites for hydroxylation is 8. The summed E-state index contributed by atoms with van der Waals surface area (Å²) >= 11 is 1.36. The molecule has 0 saturated carbocycles. The van der Waals surface area contributed by atoms with E-state index in [1.807, 2.05) is 38.1 Å². The molecular weight excluding hydrogens is 728 g/mol. The van der Waals surface area contributed by atoms with E-state index in [9.17, 15) is 10.2 Å². The number of fused-ring (bicyclic) bond motifs is 2. The van der Waals surface area contributed by atoms with Gasteiger partial charge in [0.1, 0.15) is 11.5 Å². The summed E-state index contributed by atoms with van der Waals surface area (Å²) in [4.78, 5) is 0. The van der Waals surface area contributed by atoms with Crippen LogP contribution in [0.5, 0.6) is 11.5 Å². The van der Waals surface area contributed by atoms with Crippen LogP contribution < -0.4 is 0 Å². The number of benzene rings is 4. The van der Waals surface area contributed by atoms with Crippen LogP contribution in [-0.4, -0.2) is 17.1 Å². The molecule has 0 bridgehead atoms. The minimum absolute atomic E-state index is 0. The van der Waals surface area contributed by atoms with E-state index in [0.717, 1.165) is 11.1 Å². The fraction of sp³-hybridized carbons (Fsp3) is 0.333. The molecule has 2 radical (unpaired) electrons. The van der Waals surface area contributed by atoms with Gasteiger partial charge in [-0.2, -0.15) is 12.1 Å². The Bertz CT molecular complexity index is 1790. The summed E-state index contributed by atoms with van der Waals surface area (Å²) < 4.78 is 0. The van der Waals surface area contributed by atoms with Crippen LogP contribution in [0.2, 0.25) is 0 Å².